The van der Waals surface area contributed by atoms with Crippen LogP contribution >= 0.6 is 0 Å². The van der Waals surface area contributed by atoms with Crippen LogP contribution in [0, 0.1) is 13.8 Å². The molecule has 0 amide bonds. The van der Waals surface area contributed by atoms with E-state index in [1.165, 1.54) is 0 Å². The molecule has 0 spiro atoms. The van der Waals surface area contributed by atoms with Gasteiger partial charge in [0.25, 0.3) is 0 Å². The van der Waals surface area contributed by atoms with Crippen molar-refractivity contribution in [3.05, 3.63) is 17.3 Å². The van der Waals surface area contributed by atoms with Crippen molar-refractivity contribution in [3.8, 4) is 0 Å². The van der Waals surface area contributed by atoms with Crippen LogP contribution in [0.15, 0.2) is 6.07 Å². The molecule has 0 aliphatic carbocycles. The van der Waals surface area contributed by atoms with Crippen molar-refractivity contribution >= 4 is 22.8 Å². The number of likely N-dealkylation sites (N-methyl/N-ethyl adjacent to an activating group) is 1. The zero-order chi connectivity index (χ0) is 15.7. The summed E-state index contributed by atoms with van der Waals surface area (Å²) in [4.78, 5) is 15.5. The highest BCUT2D eigenvalue weighted by Gasteiger charge is 2.18. The van der Waals surface area contributed by atoms with Crippen LogP contribution in [0.3, 0.4) is 0 Å². The Balaban J connectivity index is 1.79. The Morgan fingerprint density at radius 2 is 2.18 bits per heavy atom. The van der Waals surface area contributed by atoms with Crippen molar-refractivity contribution in [1.82, 2.24) is 19.9 Å². The first-order valence-corrected chi connectivity index (χ1v) is 7.48. The molecule has 118 valence electrons. The molecule has 0 aromatic carbocycles. The second kappa shape index (κ2) is 6.02. The number of nitrogens with one attached hydrogen (secondary N) is 1. The Kier molecular flexibility index (Phi) is 4.08. The van der Waals surface area contributed by atoms with E-state index in [4.69, 9.17) is 10.5 Å². The van der Waals surface area contributed by atoms with Gasteiger partial charge in [-0.1, -0.05) is 0 Å². The van der Waals surface area contributed by atoms with Crippen molar-refractivity contribution in [2.24, 2.45) is 0 Å². The minimum absolute atomic E-state index is 0.131. The lowest BCUT2D eigenvalue weighted by Gasteiger charge is -2.30. The molecule has 7 nitrogen and oxygen atoms in total. The number of pyridine rings is 1. The van der Waals surface area contributed by atoms with E-state index in [1.54, 1.807) is 0 Å². The number of rotatable bonds is 3. The van der Waals surface area contributed by atoms with Crippen LogP contribution in [0.2, 0.25) is 0 Å². The summed E-state index contributed by atoms with van der Waals surface area (Å²) in [5.41, 5.74) is 8.67. The Labute approximate surface area is 129 Å². The molecule has 1 fully saturated rings. The summed E-state index contributed by atoms with van der Waals surface area (Å²) < 4.78 is 5.72. The largest absolute Gasteiger partial charge is 0.383 e. The van der Waals surface area contributed by atoms with E-state index in [-0.39, 0.29) is 6.10 Å². The molecular weight excluding hydrogens is 280 g/mol. The molecule has 1 aliphatic heterocycles. The summed E-state index contributed by atoms with van der Waals surface area (Å²) in [5.74, 6) is 0.957. The quantitative estimate of drug-likeness (QED) is 0.873. The molecule has 0 radical (unpaired) electrons. The molecule has 7 heteroatoms. The Morgan fingerprint density at radius 1 is 1.36 bits per heavy atom. The summed E-state index contributed by atoms with van der Waals surface area (Å²) in [6.45, 7) is 7.22. The number of nitrogens with two attached hydrogens (primary N) is 1. The van der Waals surface area contributed by atoms with Crippen LogP contribution in [0.4, 0.5) is 11.8 Å². The van der Waals surface area contributed by atoms with E-state index in [0.29, 0.717) is 24.0 Å². The van der Waals surface area contributed by atoms with Crippen molar-refractivity contribution in [2.75, 3.05) is 44.3 Å². The van der Waals surface area contributed by atoms with Crippen LogP contribution in [0.25, 0.3) is 11.0 Å². The van der Waals surface area contributed by atoms with Gasteiger partial charge in [-0.15, -0.1) is 0 Å². The lowest BCUT2D eigenvalue weighted by Crippen LogP contribution is -2.43. The van der Waals surface area contributed by atoms with E-state index in [2.05, 4.69) is 32.2 Å². The number of nitrogen functional groups attached to an aromatic ring is 1. The lowest BCUT2D eigenvalue weighted by atomic mass is 10.1. The van der Waals surface area contributed by atoms with Gasteiger partial charge >= 0.3 is 0 Å². The molecule has 2 aromatic heterocycles. The van der Waals surface area contributed by atoms with Gasteiger partial charge in [0.1, 0.15) is 5.82 Å². The van der Waals surface area contributed by atoms with Crippen LogP contribution in [0.5, 0.6) is 0 Å². The predicted molar refractivity (Wildman–Crippen MR) is 86.9 cm³/mol. The third-order valence-electron chi connectivity index (χ3n) is 3.85. The summed E-state index contributed by atoms with van der Waals surface area (Å²) in [6, 6.07) is 1.99. The second-order valence-electron chi connectivity index (χ2n) is 5.85. The maximum Gasteiger partial charge on any atom is 0.226 e. The highest BCUT2D eigenvalue weighted by atomic mass is 16.5. The first-order chi connectivity index (χ1) is 10.5. The maximum atomic E-state index is 6.07. The molecule has 22 heavy (non-hydrogen) atoms. The molecule has 0 saturated carbocycles. The normalized spacial score (nSPS) is 19.5. The summed E-state index contributed by atoms with van der Waals surface area (Å²) >= 11 is 0. The fourth-order valence-electron chi connectivity index (χ4n) is 2.78. The molecule has 2 aromatic rings. The number of hydrogen-bond acceptors (Lipinski definition) is 7. The molecule has 3 rings (SSSR count). The van der Waals surface area contributed by atoms with Gasteiger partial charge in [-0.3, -0.25) is 0 Å². The zero-order valence-corrected chi connectivity index (χ0v) is 13.3. The Hall–Kier alpha value is -1.99. The zero-order valence-electron chi connectivity index (χ0n) is 13.3. The molecule has 3 N–H and O–H groups in total. The monoisotopic (exact) mass is 302 g/mol. The lowest BCUT2D eigenvalue weighted by molar-refractivity contribution is -0.0117. The number of fused-ring (bicyclic) bond motifs is 1. The molecule has 1 saturated heterocycles. The highest BCUT2D eigenvalue weighted by molar-refractivity contribution is 5.89. The van der Waals surface area contributed by atoms with Gasteiger partial charge < -0.3 is 20.7 Å². The van der Waals surface area contributed by atoms with E-state index < -0.39 is 0 Å². The number of morpholine rings is 1. The van der Waals surface area contributed by atoms with E-state index in [1.807, 2.05) is 19.9 Å². The topological polar surface area (TPSA) is 89.2 Å². The summed E-state index contributed by atoms with van der Waals surface area (Å²) in [7, 11) is 2.09. The number of anilines is 2. The molecule has 3 heterocycles. The summed E-state index contributed by atoms with van der Waals surface area (Å²) in [5, 5.41) is 4.04. The number of ether oxygens (including phenoxy) is 1. The van der Waals surface area contributed by atoms with Crippen molar-refractivity contribution in [2.45, 2.75) is 20.0 Å². The van der Waals surface area contributed by atoms with Gasteiger partial charge in [-0.05, 0) is 32.5 Å². The Morgan fingerprint density at radius 3 is 2.95 bits per heavy atom. The van der Waals surface area contributed by atoms with E-state index in [9.17, 15) is 0 Å². The van der Waals surface area contributed by atoms with Crippen LogP contribution in [-0.2, 0) is 4.74 Å². The highest BCUT2D eigenvalue weighted by Crippen LogP contribution is 2.22. The standard InChI is InChI=1S/C15H22N6O/c1-9-6-10(2)18-14-12(9)13(16)19-15(20-14)17-7-11-8-21(3)4-5-22-11/h6,11H,4-5,7-8H2,1-3H3,(H3,16,17,18,19,20). The van der Waals surface area contributed by atoms with Crippen LogP contribution in [0.1, 0.15) is 11.3 Å². The minimum Gasteiger partial charge on any atom is -0.383 e. The maximum absolute atomic E-state index is 6.07. The molecule has 1 atom stereocenters. The Bertz CT molecular complexity index is 689. The van der Waals surface area contributed by atoms with E-state index in [0.717, 1.165) is 36.3 Å². The van der Waals surface area contributed by atoms with Gasteiger partial charge in [-0.2, -0.15) is 9.97 Å². The SMILES string of the molecule is Cc1cc(C)c2c(N)nc(NCC3CN(C)CCO3)nc2n1. The van der Waals surface area contributed by atoms with Crippen LogP contribution < -0.4 is 11.1 Å². The number of aryl methyl sites for hydroxylation is 2. The van der Waals surface area contributed by atoms with E-state index >= 15 is 0 Å². The fraction of sp³-hybridized carbons (Fsp3) is 0.533. The number of hydrogen-bond donors (Lipinski definition) is 2. The van der Waals surface area contributed by atoms with Gasteiger partial charge in [0, 0.05) is 25.3 Å². The minimum atomic E-state index is 0.131. The molecule has 0 bridgehead atoms. The van der Waals surface area contributed by atoms with Crippen molar-refractivity contribution < 1.29 is 4.74 Å². The third-order valence-corrected chi connectivity index (χ3v) is 3.85. The molecule has 1 unspecified atom stereocenters. The second-order valence-corrected chi connectivity index (χ2v) is 5.85. The first-order valence-electron chi connectivity index (χ1n) is 7.48. The summed E-state index contributed by atoms with van der Waals surface area (Å²) in [6.07, 6.45) is 0.131. The average Bonchev–Trinajstić information content (AvgIpc) is 2.44. The van der Waals surface area contributed by atoms with Gasteiger partial charge in [0.05, 0.1) is 18.1 Å². The van der Waals surface area contributed by atoms with Gasteiger partial charge in [0.15, 0.2) is 5.65 Å². The molecular formula is C15H22N6O. The van der Waals surface area contributed by atoms with Crippen LogP contribution in [-0.4, -0.2) is 59.2 Å². The van der Waals surface area contributed by atoms with Gasteiger partial charge in [0.2, 0.25) is 5.95 Å². The fourth-order valence-corrected chi connectivity index (χ4v) is 2.78. The number of nitrogens with zero attached hydrogens (tertiary/aromatic N) is 4. The predicted octanol–water partition coefficient (Wildman–Crippen LogP) is 0.966. The van der Waals surface area contributed by atoms with Crippen molar-refractivity contribution in [3.63, 3.8) is 0 Å². The van der Waals surface area contributed by atoms with Crippen molar-refractivity contribution in [1.29, 1.82) is 0 Å². The number of aromatic nitrogens is 3. The smallest absolute Gasteiger partial charge is 0.226 e. The third kappa shape index (κ3) is 3.10. The first kappa shape index (κ1) is 14.9. The molecule has 1 aliphatic rings. The van der Waals surface area contributed by atoms with Gasteiger partial charge in [-0.25, -0.2) is 4.98 Å². The average molecular weight is 302 g/mol.